The lowest BCUT2D eigenvalue weighted by Gasteiger charge is -2.22. The van der Waals surface area contributed by atoms with Crippen LogP contribution >= 0.6 is 23.2 Å². The molecule has 1 atom stereocenters. The van der Waals surface area contributed by atoms with Crippen LogP contribution in [0.2, 0.25) is 10.0 Å². The van der Waals surface area contributed by atoms with Crippen LogP contribution in [0.4, 0.5) is 0 Å². The second-order valence-electron chi connectivity index (χ2n) is 8.21. The van der Waals surface area contributed by atoms with Crippen molar-refractivity contribution in [3.8, 4) is 11.1 Å². The minimum atomic E-state index is -1.02. The fraction of sp³-hybridized carbons (Fsp3) is 0.231. The molecule has 174 valence electrons. The molecule has 1 aliphatic heterocycles. The van der Waals surface area contributed by atoms with Gasteiger partial charge in [0.15, 0.2) is 0 Å². The summed E-state index contributed by atoms with van der Waals surface area (Å²) < 4.78 is 0. The first-order valence-electron chi connectivity index (χ1n) is 10.8. The van der Waals surface area contributed by atoms with Gasteiger partial charge in [-0.3, -0.25) is 14.6 Å². The predicted octanol–water partition coefficient (Wildman–Crippen LogP) is 6.21. The van der Waals surface area contributed by atoms with Crippen LogP contribution < -0.4 is 0 Å². The van der Waals surface area contributed by atoms with Crippen molar-refractivity contribution in [2.24, 2.45) is 5.10 Å². The summed E-state index contributed by atoms with van der Waals surface area (Å²) in [7, 11) is 0. The molecule has 0 bridgehead atoms. The summed E-state index contributed by atoms with van der Waals surface area (Å²) in [5, 5.41) is 16.4. The number of hydrazone groups is 1. The highest BCUT2D eigenvalue weighted by Gasteiger charge is 2.34. The molecule has 8 heteroatoms. The zero-order valence-corrected chi connectivity index (χ0v) is 20.3. The van der Waals surface area contributed by atoms with Gasteiger partial charge in [0.05, 0.1) is 18.2 Å². The van der Waals surface area contributed by atoms with Crippen LogP contribution in [-0.2, 0) is 9.59 Å². The monoisotopic (exact) mass is 495 g/mol. The maximum atomic E-state index is 13.0. The molecule has 0 fully saturated rings. The van der Waals surface area contributed by atoms with Gasteiger partial charge < -0.3 is 5.11 Å². The van der Waals surface area contributed by atoms with Gasteiger partial charge in [0.25, 0.3) is 0 Å². The quantitative estimate of drug-likeness (QED) is 0.440. The molecular formula is C26H23Cl2N3O3. The van der Waals surface area contributed by atoms with Crippen LogP contribution in [0.5, 0.6) is 0 Å². The molecule has 0 radical (unpaired) electrons. The van der Waals surface area contributed by atoms with Gasteiger partial charge in [-0.25, -0.2) is 5.01 Å². The van der Waals surface area contributed by atoms with E-state index in [0.717, 1.165) is 33.5 Å². The zero-order chi connectivity index (χ0) is 24.4. The van der Waals surface area contributed by atoms with Crippen LogP contribution in [0.15, 0.2) is 59.8 Å². The summed E-state index contributed by atoms with van der Waals surface area (Å²) in [6, 6.07) is 14.5. The average Bonchev–Trinajstić information content (AvgIpc) is 3.26. The third-order valence-corrected chi connectivity index (χ3v) is 6.50. The zero-order valence-electron chi connectivity index (χ0n) is 18.8. The third kappa shape index (κ3) is 4.98. The molecule has 2 heterocycles. The molecule has 1 aromatic heterocycles. The largest absolute Gasteiger partial charge is 0.481 e. The SMILES string of the molecule is Cc1ncc(C2=NN(C(=O)CCC(=O)O)[C@@H](c3ccc(Cl)cc3)C2)c(-c2ccc(Cl)cc2)c1C. The molecular weight excluding hydrogens is 473 g/mol. The predicted molar refractivity (Wildman–Crippen MR) is 133 cm³/mol. The lowest BCUT2D eigenvalue weighted by atomic mass is 9.90. The number of carboxylic acid groups (broad SMARTS) is 1. The highest BCUT2D eigenvalue weighted by Crippen LogP contribution is 2.38. The number of rotatable bonds is 6. The third-order valence-electron chi connectivity index (χ3n) is 5.99. The molecule has 1 N–H and O–H groups in total. The number of nitrogens with zero attached hydrogens (tertiary/aromatic N) is 3. The van der Waals surface area contributed by atoms with E-state index in [1.807, 2.05) is 50.2 Å². The number of halogens is 2. The molecule has 0 saturated heterocycles. The number of amides is 1. The Morgan fingerprint density at radius 3 is 2.24 bits per heavy atom. The Labute approximate surface area is 207 Å². The van der Waals surface area contributed by atoms with Crippen molar-refractivity contribution in [1.82, 2.24) is 9.99 Å². The second kappa shape index (κ2) is 9.95. The summed E-state index contributed by atoms with van der Waals surface area (Å²) in [6.07, 6.45) is 1.86. The van der Waals surface area contributed by atoms with Crippen LogP contribution in [0.25, 0.3) is 11.1 Å². The Kier molecular flexibility index (Phi) is 7.00. The molecule has 0 spiro atoms. The fourth-order valence-electron chi connectivity index (χ4n) is 4.09. The molecule has 3 aromatic rings. The van der Waals surface area contributed by atoms with Crippen molar-refractivity contribution in [3.05, 3.63) is 87.2 Å². The molecule has 6 nitrogen and oxygen atoms in total. The summed E-state index contributed by atoms with van der Waals surface area (Å²) in [4.78, 5) is 28.6. The number of carboxylic acids is 1. The summed E-state index contributed by atoms with van der Waals surface area (Å²) in [5.74, 6) is -1.37. The molecule has 1 aliphatic rings. The van der Waals surface area contributed by atoms with Crippen molar-refractivity contribution in [2.75, 3.05) is 0 Å². The van der Waals surface area contributed by atoms with Gasteiger partial charge in [0, 0.05) is 40.3 Å². The standard InChI is InChI=1S/C26H23Cl2N3O3/c1-15-16(2)29-14-21(26(15)18-5-9-20(28)10-6-18)22-13-23(17-3-7-19(27)8-4-17)31(30-22)24(32)11-12-25(33)34/h3-10,14,23H,11-13H2,1-2H3,(H,33,34)/t23-/m1/s1. The van der Waals surface area contributed by atoms with E-state index in [1.54, 1.807) is 18.3 Å². The Hall–Kier alpha value is -3.22. The highest BCUT2D eigenvalue weighted by molar-refractivity contribution is 6.30. The van der Waals surface area contributed by atoms with Gasteiger partial charge in [0.2, 0.25) is 5.91 Å². The fourth-order valence-corrected chi connectivity index (χ4v) is 4.34. The van der Waals surface area contributed by atoms with Crippen LogP contribution in [0.3, 0.4) is 0 Å². The molecule has 4 rings (SSSR count). The van der Waals surface area contributed by atoms with Gasteiger partial charge in [-0.15, -0.1) is 0 Å². The van der Waals surface area contributed by atoms with Gasteiger partial charge in [-0.2, -0.15) is 5.10 Å². The lowest BCUT2D eigenvalue weighted by molar-refractivity contribution is -0.141. The molecule has 0 unspecified atom stereocenters. The number of hydrogen-bond donors (Lipinski definition) is 1. The van der Waals surface area contributed by atoms with E-state index in [4.69, 9.17) is 33.4 Å². The van der Waals surface area contributed by atoms with Crippen molar-refractivity contribution < 1.29 is 14.7 Å². The number of carbonyl (C=O) groups excluding carboxylic acids is 1. The normalized spacial score (nSPS) is 15.4. The first-order valence-corrected chi connectivity index (χ1v) is 11.6. The van der Waals surface area contributed by atoms with E-state index in [-0.39, 0.29) is 24.8 Å². The lowest BCUT2D eigenvalue weighted by Crippen LogP contribution is -2.27. The van der Waals surface area contributed by atoms with Crippen molar-refractivity contribution >= 4 is 40.8 Å². The Bertz CT molecular complexity index is 1270. The van der Waals surface area contributed by atoms with E-state index in [2.05, 4.69) is 4.98 Å². The maximum absolute atomic E-state index is 13.0. The summed E-state index contributed by atoms with van der Waals surface area (Å²) in [6.45, 7) is 3.96. The van der Waals surface area contributed by atoms with E-state index in [0.29, 0.717) is 22.2 Å². The Balaban J connectivity index is 1.79. The van der Waals surface area contributed by atoms with E-state index in [9.17, 15) is 9.59 Å². The second-order valence-corrected chi connectivity index (χ2v) is 9.09. The highest BCUT2D eigenvalue weighted by atomic mass is 35.5. The average molecular weight is 496 g/mol. The van der Waals surface area contributed by atoms with Crippen molar-refractivity contribution in [3.63, 3.8) is 0 Å². The summed E-state index contributed by atoms with van der Waals surface area (Å²) in [5.41, 5.74) is 6.29. The van der Waals surface area contributed by atoms with Gasteiger partial charge in [-0.1, -0.05) is 47.5 Å². The van der Waals surface area contributed by atoms with Crippen LogP contribution in [-0.4, -0.2) is 32.7 Å². The van der Waals surface area contributed by atoms with E-state index in [1.165, 1.54) is 5.01 Å². The topological polar surface area (TPSA) is 82.9 Å². The van der Waals surface area contributed by atoms with E-state index < -0.39 is 5.97 Å². The minimum absolute atomic E-state index is 0.134. The molecule has 1 amide bonds. The minimum Gasteiger partial charge on any atom is -0.481 e. The molecule has 2 aromatic carbocycles. The smallest absolute Gasteiger partial charge is 0.303 e. The van der Waals surface area contributed by atoms with Crippen molar-refractivity contribution in [2.45, 2.75) is 39.2 Å². The number of carbonyl (C=O) groups is 2. The number of aliphatic carboxylic acids is 1. The van der Waals surface area contributed by atoms with Gasteiger partial charge in [-0.05, 0) is 60.4 Å². The maximum Gasteiger partial charge on any atom is 0.303 e. The van der Waals surface area contributed by atoms with Gasteiger partial charge in [0.1, 0.15) is 0 Å². The van der Waals surface area contributed by atoms with E-state index >= 15 is 0 Å². The van der Waals surface area contributed by atoms with Crippen LogP contribution in [0, 0.1) is 13.8 Å². The number of aromatic nitrogens is 1. The van der Waals surface area contributed by atoms with Gasteiger partial charge >= 0.3 is 5.97 Å². The Morgan fingerprint density at radius 2 is 1.62 bits per heavy atom. The van der Waals surface area contributed by atoms with Crippen molar-refractivity contribution in [1.29, 1.82) is 0 Å². The number of pyridine rings is 1. The number of hydrogen-bond acceptors (Lipinski definition) is 4. The molecule has 0 saturated carbocycles. The Morgan fingerprint density at radius 1 is 1.00 bits per heavy atom. The first kappa shape index (κ1) is 23.9. The first-order chi connectivity index (χ1) is 16.2. The summed E-state index contributed by atoms with van der Waals surface area (Å²) >= 11 is 12.2. The van der Waals surface area contributed by atoms with Crippen LogP contribution in [0.1, 0.15) is 47.7 Å². The number of benzene rings is 2. The molecule has 0 aliphatic carbocycles. The molecule has 34 heavy (non-hydrogen) atoms. The number of aryl methyl sites for hydroxylation is 1.